The molecule has 0 aromatic rings. The first-order valence-electron chi connectivity index (χ1n) is 18.3. The molecular weight excluding hydrogens is 687 g/mol. The van der Waals surface area contributed by atoms with Gasteiger partial charge in [0.1, 0.15) is 12.1 Å². The van der Waals surface area contributed by atoms with Gasteiger partial charge in [-0.25, -0.2) is 4.79 Å². The molecule has 0 spiro atoms. The average Bonchev–Trinajstić information content (AvgIpc) is 3.37. The van der Waals surface area contributed by atoms with Crippen LogP contribution in [0, 0.1) is 40.4 Å². The van der Waals surface area contributed by atoms with Crippen LogP contribution in [-0.4, -0.2) is 115 Å². The van der Waals surface area contributed by atoms with Gasteiger partial charge >= 0.3 is 6.03 Å². The topological polar surface area (TPSA) is 177 Å². The molecule has 3 fully saturated rings. The van der Waals surface area contributed by atoms with Crippen molar-refractivity contribution in [3.63, 3.8) is 0 Å². The fourth-order valence-corrected chi connectivity index (χ4v) is 8.75. The van der Waals surface area contributed by atoms with E-state index in [9.17, 15) is 32.4 Å². The van der Waals surface area contributed by atoms with Crippen molar-refractivity contribution in [2.24, 2.45) is 28.1 Å². The lowest BCUT2D eigenvalue weighted by atomic mass is 9.85. The van der Waals surface area contributed by atoms with Crippen LogP contribution in [0.25, 0.3) is 0 Å². The Morgan fingerprint density at radius 2 is 1.62 bits per heavy atom. The minimum absolute atomic E-state index is 0.0139. The third-order valence-corrected chi connectivity index (χ3v) is 12.8. The number of hydrogen-bond donors (Lipinski definition) is 4. The molecule has 2 saturated heterocycles. The number of nitrogens with one attached hydrogen (secondary N) is 4. The molecule has 14 nitrogen and oxygen atoms in total. The van der Waals surface area contributed by atoms with E-state index < -0.39 is 74.7 Å². The van der Waals surface area contributed by atoms with E-state index in [0.29, 0.717) is 13.1 Å². The Kier molecular flexibility index (Phi) is 13.8. The van der Waals surface area contributed by atoms with Crippen molar-refractivity contribution in [1.29, 1.82) is 0 Å². The zero-order valence-corrected chi connectivity index (χ0v) is 33.3. The lowest BCUT2D eigenvalue weighted by Gasteiger charge is -2.39. The van der Waals surface area contributed by atoms with Gasteiger partial charge in [-0.2, -0.15) is 17.0 Å². The molecule has 5 amide bonds. The molecule has 3 rings (SSSR count). The van der Waals surface area contributed by atoms with Gasteiger partial charge in [0.15, 0.2) is 0 Å². The molecule has 2 heterocycles. The van der Waals surface area contributed by atoms with Gasteiger partial charge in [0.05, 0.1) is 6.04 Å². The van der Waals surface area contributed by atoms with Crippen molar-refractivity contribution in [3.8, 4) is 12.3 Å². The second-order valence-electron chi connectivity index (χ2n) is 17.1. The number of carbonyl (C=O) groups is 5. The van der Waals surface area contributed by atoms with Gasteiger partial charge in [-0.05, 0) is 47.3 Å². The highest BCUT2D eigenvalue weighted by molar-refractivity contribution is 7.86. The summed E-state index contributed by atoms with van der Waals surface area (Å²) in [4.78, 5) is 69.3. The van der Waals surface area contributed by atoms with E-state index in [1.165, 1.54) is 26.6 Å². The van der Waals surface area contributed by atoms with Gasteiger partial charge < -0.3 is 26.2 Å². The number of likely N-dealkylation sites (N-methyl/N-ethyl adjacent to an activating group) is 1. The van der Waals surface area contributed by atoms with E-state index in [2.05, 4.69) is 33.8 Å². The Balaban J connectivity index is 1.82. The summed E-state index contributed by atoms with van der Waals surface area (Å²) in [6, 6.07) is -4.47. The minimum atomic E-state index is -3.74. The van der Waals surface area contributed by atoms with E-state index in [0.717, 1.165) is 19.3 Å². The number of amides is 5. The van der Waals surface area contributed by atoms with E-state index in [1.807, 2.05) is 55.4 Å². The van der Waals surface area contributed by atoms with Crippen molar-refractivity contribution in [1.82, 2.24) is 34.8 Å². The number of hydrogen-bond acceptors (Lipinski definition) is 7. The van der Waals surface area contributed by atoms with Crippen molar-refractivity contribution in [2.75, 3.05) is 39.8 Å². The van der Waals surface area contributed by atoms with Gasteiger partial charge in [0, 0.05) is 52.2 Å². The maximum absolute atomic E-state index is 14.4. The molecule has 1 aliphatic carbocycles. The maximum atomic E-state index is 14.4. The van der Waals surface area contributed by atoms with Crippen LogP contribution in [0.1, 0.15) is 87.5 Å². The predicted octanol–water partition coefficient (Wildman–Crippen LogP) is 2.03. The summed E-state index contributed by atoms with van der Waals surface area (Å²) in [6.45, 7) is 20.0. The highest BCUT2D eigenvalue weighted by Gasteiger charge is 2.70. The number of terminal acetylenes is 1. The van der Waals surface area contributed by atoms with E-state index in [-0.39, 0.29) is 49.7 Å². The van der Waals surface area contributed by atoms with Gasteiger partial charge in [-0.3, -0.25) is 19.2 Å². The molecule has 3 aliphatic rings. The Morgan fingerprint density at radius 1 is 1.00 bits per heavy atom. The first-order valence-corrected chi connectivity index (χ1v) is 19.7. The molecule has 292 valence electrons. The van der Waals surface area contributed by atoms with Gasteiger partial charge in [0.2, 0.25) is 17.6 Å². The molecule has 2 aliphatic heterocycles. The number of urea groups is 1. The Labute approximate surface area is 310 Å². The largest absolute Gasteiger partial charge is 0.346 e. The zero-order valence-electron chi connectivity index (χ0n) is 32.5. The monoisotopic (exact) mass is 747 g/mol. The minimum Gasteiger partial charge on any atom is -0.346 e. The van der Waals surface area contributed by atoms with Crippen LogP contribution in [0.15, 0.2) is 12.7 Å². The molecule has 15 heteroatoms. The summed E-state index contributed by atoms with van der Waals surface area (Å²) in [5, 5.41) is 11.0. The molecule has 1 saturated carbocycles. The summed E-state index contributed by atoms with van der Waals surface area (Å²) >= 11 is 0. The lowest BCUT2D eigenvalue weighted by Crippen LogP contribution is -2.63. The van der Waals surface area contributed by atoms with E-state index in [4.69, 9.17) is 6.42 Å². The standard InChI is InChI=1S/C37H61N7O7S/c1-12-14-18-25(29(45)32(47)38-19-13-2)39-31(46)28-27-24(37(27,9)10)22-44(28)33(48)30(36(6,7)8)41-34(49)40-26(35(3,4)5)23-42(11)52(50,51)43-20-16-15-17-21-43/h1,13,24-28,30H,2,14-23H2,3-11H3,(H,38,47)(H,39,46)(H2,40,41,49)/t24-,25?,26+,27-,28-,30+/m0/s1. The summed E-state index contributed by atoms with van der Waals surface area (Å²) in [5.74, 6) is -0.496. The normalized spacial score (nSPS) is 23.3. The first kappa shape index (κ1) is 42.9. The smallest absolute Gasteiger partial charge is 0.315 e. The molecule has 0 aromatic heterocycles. The predicted molar refractivity (Wildman–Crippen MR) is 200 cm³/mol. The fourth-order valence-electron chi connectivity index (χ4n) is 7.30. The number of rotatable bonds is 15. The Bertz CT molecular complexity index is 1520. The molecule has 6 atom stereocenters. The van der Waals surface area contributed by atoms with Gasteiger partial charge in [0.25, 0.3) is 16.1 Å². The third-order valence-electron chi connectivity index (χ3n) is 10.8. The summed E-state index contributed by atoms with van der Waals surface area (Å²) in [5.41, 5.74) is -1.59. The van der Waals surface area contributed by atoms with Crippen LogP contribution >= 0.6 is 0 Å². The lowest BCUT2D eigenvalue weighted by molar-refractivity contribution is -0.145. The van der Waals surface area contributed by atoms with Crippen LogP contribution in [-0.2, 0) is 29.4 Å². The van der Waals surface area contributed by atoms with E-state index >= 15 is 0 Å². The molecule has 0 bridgehead atoms. The molecule has 0 radical (unpaired) electrons. The van der Waals surface area contributed by atoms with Gasteiger partial charge in [-0.1, -0.05) is 67.9 Å². The second-order valence-corrected chi connectivity index (χ2v) is 19.2. The molecular formula is C37H61N7O7S. The average molecular weight is 748 g/mol. The number of piperidine rings is 2. The number of nitrogens with zero attached hydrogens (tertiary/aromatic N) is 3. The quantitative estimate of drug-likeness (QED) is 0.113. The van der Waals surface area contributed by atoms with Crippen molar-refractivity contribution >= 4 is 39.7 Å². The van der Waals surface area contributed by atoms with Gasteiger partial charge in [-0.15, -0.1) is 18.9 Å². The van der Waals surface area contributed by atoms with Crippen LogP contribution in [0.5, 0.6) is 0 Å². The maximum Gasteiger partial charge on any atom is 0.315 e. The summed E-state index contributed by atoms with van der Waals surface area (Å²) in [6.07, 6.45) is 9.63. The molecule has 52 heavy (non-hydrogen) atoms. The first-order chi connectivity index (χ1) is 24.0. The Hall–Kier alpha value is -3.48. The van der Waals surface area contributed by atoms with E-state index in [1.54, 1.807) is 0 Å². The number of fused-ring (bicyclic) bond motifs is 1. The van der Waals surface area contributed by atoms with Crippen LogP contribution in [0.4, 0.5) is 4.79 Å². The molecule has 4 N–H and O–H groups in total. The SMILES string of the molecule is C#CCCC(NC(=O)[C@@H]1[C@@H]2[C@H](CN1C(=O)[C@@H](NC(=O)N[C@H](CN(C)S(=O)(=O)N1CCCCC1)C(C)(C)C)C(C)(C)C)C2(C)C)C(=O)C(=O)NCC=C. The molecule has 1 unspecified atom stereocenters. The Morgan fingerprint density at radius 3 is 2.15 bits per heavy atom. The van der Waals surface area contributed by atoms with Crippen LogP contribution in [0.2, 0.25) is 0 Å². The summed E-state index contributed by atoms with van der Waals surface area (Å²) in [7, 11) is -2.23. The van der Waals surface area contributed by atoms with Crippen molar-refractivity contribution < 1.29 is 32.4 Å². The van der Waals surface area contributed by atoms with Crippen LogP contribution < -0.4 is 21.3 Å². The number of likely N-dealkylation sites (tertiary alicyclic amines) is 1. The van der Waals surface area contributed by atoms with Crippen molar-refractivity contribution in [3.05, 3.63) is 12.7 Å². The number of Topliss-reactive ketones (excluding diaryl/α,β-unsaturated/α-hetero) is 1. The highest BCUT2D eigenvalue weighted by atomic mass is 32.2. The van der Waals surface area contributed by atoms with Crippen molar-refractivity contribution in [2.45, 2.75) is 112 Å². The highest BCUT2D eigenvalue weighted by Crippen LogP contribution is 2.65. The number of ketones is 1. The van der Waals surface area contributed by atoms with Crippen LogP contribution in [0.3, 0.4) is 0 Å². The fraction of sp³-hybridized carbons (Fsp3) is 0.757. The summed E-state index contributed by atoms with van der Waals surface area (Å²) < 4.78 is 29.5. The second kappa shape index (κ2) is 16.7. The molecule has 0 aromatic carbocycles. The third kappa shape index (κ3) is 9.93. The zero-order chi connectivity index (χ0) is 39.4. The number of carbonyl (C=O) groups excluding carboxylic acids is 5.